The summed E-state index contributed by atoms with van der Waals surface area (Å²) in [6.45, 7) is 1.21. The van der Waals surface area contributed by atoms with Gasteiger partial charge in [0.15, 0.2) is 0 Å². The molecule has 3 heteroatoms. The summed E-state index contributed by atoms with van der Waals surface area (Å²) in [7, 11) is 0. The van der Waals surface area contributed by atoms with Gasteiger partial charge in [-0.25, -0.2) is 0 Å². The second kappa shape index (κ2) is 2.47. The predicted molar refractivity (Wildman–Crippen MR) is 45.1 cm³/mol. The van der Waals surface area contributed by atoms with E-state index in [-0.39, 0.29) is 18.0 Å². The highest BCUT2D eigenvalue weighted by molar-refractivity contribution is 5.77. The van der Waals surface area contributed by atoms with Gasteiger partial charge in [0.2, 0.25) is 0 Å². The Bertz CT molecular complexity index is 241. The zero-order valence-corrected chi connectivity index (χ0v) is 7.62. The standard InChI is InChI=1S/C10H14O3/c11-9(13-7-5-12-6-7)8-4-10(8)2-1-3-10/h7-8H,1-6H2. The number of carbonyl (C=O) groups excluding carboxylic acids is 1. The minimum absolute atomic E-state index is 0.0352. The molecule has 0 N–H and O–H groups in total. The van der Waals surface area contributed by atoms with Crippen molar-refractivity contribution in [1.82, 2.24) is 0 Å². The molecule has 1 heterocycles. The predicted octanol–water partition coefficient (Wildman–Crippen LogP) is 1.12. The second-order valence-corrected chi connectivity index (χ2v) is 4.57. The van der Waals surface area contributed by atoms with Crippen LogP contribution in [0.3, 0.4) is 0 Å². The van der Waals surface area contributed by atoms with Crippen molar-refractivity contribution in [2.75, 3.05) is 13.2 Å². The van der Waals surface area contributed by atoms with Crippen molar-refractivity contribution in [3.05, 3.63) is 0 Å². The molecular weight excluding hydrogens is 168 g/mol. The highest BCUT2D eigenvalue weighted by Gasteiger charge is 2.62. The molecule has 3 rings (SSSR count). The molecule has 0 bridgehead atoms. The van der Waals surface area contributed by atoms with E-state index in [9.17, 15) is 4.79 Å². The summed E-state index contributed by atoms with van der Waals surface area (Å²) in [4.78, 5) is 11.5. The van der Waals surface area contributed by atoms with Gasteiger partial charge in [-0.2, -0.15) is 0 Å². The summed E-state index contributed by atoms with van der Waals surface area (Å²) < 4.78 is 10.2. The summed E-state index contributed by atoms with van der Waals surface area (Å²) in [5, 5.41) is 0. The van der Waals surface area contributed by atoms with E-state index in [0.717, 1.165) is 6.42 Å². The van der Waals surface area contributed by atoms with Crippen LogP contribution in [-0.4, -0.2) is 25.3 Å². The third kappa shape index (κ3) is 1.10. The average Bonchev–Trinajstić information content (AvgIpc) is 2.69. The van der Waals surface area contributed by atoms with Gasteiger partial charge in [-0.05, 0) is 24.7 Å². The van der Waals surface area contributed by atoms with Gasteiger partial charge in [0, 0.05) is 0 Å². The zero-order chi connectivity index (χ0) is 8.89. The van der Waals surface area contributed by atoms with Gasteiger partial charge in [0.1, 0.15) is 6.10 Å². The fourth-order valence-corrected chi connectivity index (χ4v) is 2.39. The number of ether oxygens (including phenoxy) is 2. The largest absolute Gasteiger partial charge is 0.457 e. The van der Waals surface area contributed by atoms with Gasteiger partial charge in [0.25, 0.3) is 0 Å². The Morgan fingerprint density at radius 3 is 2.54 bits per heavy atom. The van der Waals surface area contributed by atoms with Crippen LogP contribution < -0.4 is 0 Å². The molecule has 1 unspecified atom stereocenters. The Labute approximate surface area is 77.4 Å². The third-order valence-corrected chi connectivity index (χ3v) is 3.71. The Morgan fingerprint density at radius 1 is 1.38 bits per heavy atom. The first-order chi connectivity index (χ1) is 6.30. The van der Waals surface area contributed by atoms with Crippen molar-refractivity contribution in [1.29, 1.82) is 0 Å². The van der Waals surface area contributed by atoms with Gasteiger partial charge in [-0.1, -0.05) is 6.42 Å². The van der Waals surface area contributed by atoms with E-state index in [1.165, 1.54) is 19.3 Å². The minimum Gasteiger partial charge on any atom is -0.457 e. The van der Waals surface area contributed by atoms with Gasteiger partial charge in [-0.3, -0.25) is 4.79 Å². The van der Waals surface area contributed by atoms with E-state index in [2.05, 4.69) is 0 Å². The van der Waals surface area contributed by atoms with Crippen LogP contribution >= 0.6 is 0 Å². The fraction of sp³-hybridized carbons (Fsp3) is 0.900. The van der Waals surface area contributed by atoms with Gasteiger partial charge in [0.05, 0.1) is 19.1 Å². The first kappa shape index (κ1) is 7.80. The lowest BCUT2D eigenvalue weighted by atomic mass is 9.80. The Morgan fingerprint density at radius 2 is 2.15 bits per heavy atom. The molecule has 3 nitrogen and oxygen atoms in total. The molecule has 13 heavy (non-hydrogen) atoms. The fourth-order valence-electron chi connectivity index (χ4n) is 2.39. The summed E-state index contributed by atoms with van der Waals surface area (Å²) in [5.41, 5.74) is 0.404. The molecular formula is C10H14O3. The minimum atomic E-state index is 0.0352. The molecule has 0 radical (unpaired) electrons. The van der Waals surface area contributed by atoms with Crippen LogP contribution in [0, 0.1) is 11.3 Å². The lowest BCUT2D eigenvalue weighted by Crippen LogP contribution is -2.38. The molecule has 1 atom stereocenters. The quantitative estimate of drug-likeness (QED) is 0.600. The van der Waals surface area contributed by atoms with Crippen molar-refractivity contribution >= 4 is 5.97 Å². The SMILES string of the molecule is O=C(OC1COC1)C1CC12CCC2. The lowest BCUT2D eigenvalue weighted by Gasteiger charge is -2.28. The molecule has 2 saturated carbocycles. The molecule has 72 valence electrons. The Balaban J connectivity index is 1.52. The van der Waals surface area contributed by atoms with Crippen LogP contribution in [0.1, 0.15) is 25.7 Å². The molecule has 0 amide bonds. The van der Waals surface area contributed by atoms with Gasteiger partial charge in [-0.15, -0.1) is 0 Å². The summed E-state index contributed by atoms with van der Waals surface area (Å²) >= 11 is 0. The van der Waals surface area contributed by atoms with Crippen LogP contribution in [-0.2, 0) is 14.3 Å². The molecule has 1 saturated heterocycles. The molecule has 0 aromatic rings. The van der Waals surface area contributed by atoms with Crippen molar-refractivity contribution in [3.8, 4) is 0 Å². The average molecular weight is 182 g/mol. The Kier molecular flexibility index (Phi) is 1.48. The van der Waals surface area contributed by atoms with Crippen LogP contribution in [0.2, 0.25) is 0 Å². The maximum Gasteiger partial charge on any atom is 0.309 e. The van der Waals surface area contributed by atoms with E-state index in [1.54, 1.807) is 0 Å². The van der Waals surface area contributed by atoms with Crippen LogP contribution in [0.5, 0.6) is 0 Å². The van der Waals surface area contributed by atoms with Crippen molar-refractivity contribution < 1.29 is 14.3 Å². The molecule has 0 aromatic carbocycles. The smallest absolute Gasteiger partial charge is 0.309 e. The van der Waals surface area contributed by atoms with Crippen LogP contribution in [0.4, 0.5) is 0 Å². The third-order valence-electron chi connectivity index (χ3n) is 3.71. The first-order valence-electron chi connectivity index (χ1n) is 5.08. The normalized spacial score (nSPS) is 34.9. The van der Waals surface area contributed by atoms with E-state index in [1.807, 2.05) is 0 Å². The summed E-state index contributed by atoms with van der Waals surface area (Å²) in [6.07, 6.45) is 4.93. The zero-order valence-electron chi connectivity index (χ0n) is 7.62. The van der Waals surface area contributed by atoms with Crippen LogP contribution in [0.15, 0.2) is 0 Å². The topological polar surface area (TPSA) is 35.5 Å². The van der Waals surface area contributed by atoms with E-state index < -0.39 is 0 Å². The van der Waals surface area contributed by atoms with Crippen molar-refractivity contribution in [2.24, 2.45) is 11.3 Å². The molecule has 1 aliphatic heterocycles. The van der Waals surface area contributed by atoms with E-state index in [0.29, 0.717) is 18.6 Å². The number of hydrogen-bond acceptors (Lipinski definition) is 3. The number of esters is 1. The highest BCUT2D eigenvalue weighted by atomic mass is 16.6. The number of hydrogen-bond donors (Lipinski definition) is 0. The number of carbonyl (C=O) groups is 1. The molecule has 3 aliphatic rings. The molecule has 2 aliphatic carbocycles. The van der Waals surface area contributed by atoms with E-state index >= 15 is 0 Å². The number of rotatable bonds is 2. The highest BCUT2D eigenvalue weighted by Crippen LogP contribution is 2.65. The molecule has 1 spiro atoms. The maximum atomic E-state index is 11.5. The van der Waals surface area contributed by atoms with Crippen LogP contribution in [0.25, 0.3) is 0 Å². The van der Waals surface area contributed by atoms with Gasteiger partial charge >= 0.3 is 5.97 Å². The second-order valence-electron chi connectivity index (χ2n) is 4.57. The Hall–Kier alpha value is -0.570. The van der Waals surface area contributed by atoms with Gasteiger partial charge < -0.3 is 9.47 Å². The molecule has 3 fully saturated rings. The first-order valence-corrected chi connectivity index (χ1v) is 5.08. The van der Waals surface area contributed by atoms with Crippen molar-refractivity contribution in [2.45, 2.75) is 31.8 Å². The lowest BCUT2D eigenvalue weighted by molar-refractivity contribution is -0.175. The maximum absolute atomic E-state index is 11.5. The van der Waals surface area contributed by atoms with E-state index in [4.69, 9.17) is 9.47 Å². The summed E-state index contributed by atoms with van der Waals surface area (Å²) in [6, 6.07) is 0. The monoisotopic (exact) mass is 182 g/mol. The van der Waals surface area contributed by atoms with Crippen molar-refractivity contribution in [3.63, 3.8) is 0 Å². The molecule has 0 aromatic heterocycles. The summed E-state index contributed by atoms with van der Waals surface area (Å²) in [5.74, 6) is 0.273.